The molecule has 1 aromatic heterocycles. The third-order valence-corrected chi connectivity index (χ3v) is 3.75. The van der Waals surface area contributed by atoms with E-state index in [-0.39, 0.29) is 5.82 Å². The van der Waals surface area contributed by atoms with Crippen molar-refractivity contribution < 1.29 is 31.9 Å². The Labute approximate surface area is 157 Å². The van der Waals surface area contributed by atoms with Crippen LogP contribution in [-0.4, -0.2) is 35.8 Å². The van der Waals surface area contributed by atoms with Crippen LogP contribution in [0, 0.1) is 19.7 Å². The van der Waals surface area contributed by atoms with E-state index in [1.807, 2.05) is 5.32 Å². The van der Waals surface area contributed by atoms with Crippen LogP contribution in [-0.2, 0) is 9.53 Å². The maximum atomic E-state index is 14.0. The van der Waals surface area contributed by atoms with Gasteiger partial charge in [-0.3, -0.25) is 4.79 Å². The first kappa shape index (κ1) is 21.1. The van der Waals surface area contributed by atoms with E-state index in [2.05, 4.69) is 9.72 Å². The minimum atomic E-state index is -5.35. The van der Waals surface area contributed by atoms with Gasteiger partial charge in [-0.1, -0.05) is 12.1 Å². The molecule has 0 spiro atoms. The van der Waals surface area contributed by atoms with E-state index in [0.29, 0.717) is 11.3 Å². The zero-order chi connectivity index (χ0) is 21.1. The largest absolute Gasteiger partial charge is 0.466 e. The number of halogens is 4. The van der Waals surface area contributed by atoms with Gasteiger partial charge in [-0.25, -0.2) is 14.2 Å². The first-order chi connectivity index (χ1) is 13.0. The van der Waals surface area contributed by atoms with E-state index in [1.165, 1.54) is 23.5 Å². The molecule has 1 atom stereocenters. The molecule has 2 aromatic rings. The maximum absolute atomic E-state index is 14.0. The summed E-state index contributed by atoms with van der Waals surface area (Å²) < 4.78 is 60.1. The van der Waals surface area contributed by atoms with Crippen molar-refractivity contribution >= 4 is 17.7 Å². The summed E-state index contributed by atoms with van der Waals surface area (Å²) in [5.41, 5.74) is -3.41. The lowest BCUT2D eigenvalue weighted by atomic mass is 10.1. The number of pyridine rings is 1. The lowest BCUT2D eigenvalue weighted by molar-refractivity contribution is -0.203. The van der Waals surface area contributed by atoms with Crippen molar-refractivity contribution in [2.75, 3.05) is 12.4 Å². The summed E-state index contributed by atoms with van der Waals surface area (Å²) in [5, 5.41) is 3.46. The molecule has 2 N–H and O–H groups in total. The Morgan fingerprint density at radius 2 is 1.75 bits per heavy atom. The number of nitrogens with zero attached hydrogens (tertiary/aromatic N) is 1. The van der Waals surface area contributed by atoms with E-state index < -0.39 is 35.1 Å². The maximum Gasteiger partial charge on any atom is 0.441 e. The van der Waals surface area contributed by atoms with Crippen LogP contribution in [0.15, 0.2) is 36.4 Å². The number of ether oxygens (including phenoxy) is 1. The molecule has 0 radical (unpaired) electrons. The Balaban J connectivity index is 2.56. The summed E-state index contributed by atoms with van der Waals surface area (Å²) in [6.07, 6.45) is -5.35. The highest BCUT2D eigenvalue weighted by Gasteiger charge is 2.64. The van der Waals surface area contributed by atoms with Crippen LogP contribution in [0.2, 0.25) is 0 Å². The Morgan fingerprint density at radius 3 is 2.29 bits per heavy atom. The van der Waals surface area contributed by atoms with E-state index in [9.17, 15) is 27.2 Å². The first-order valence-electron chi connectivity index (χ1n) is 7.96. The molecule has 2 rings (SSSR count). The summed E-state index contributed by atoms with van der Waals surface area (Å²) in [6.45, 7) is 3.16. The highest BCUT2D eigenvalue weighted by Crippen LogP contribution is 2.33. The molecule has 0 bridgehead atoms. The lowest BCUT2D eigenvalue weighted by Gasteiger charge is -2.34. The quantitative estimate of drug-likeness (QED) is 0.459. The van der Waals surface area contributed by atoms with Crippen molar-refractivity contribution in [3.8, 4) is 0 Å². The summed E-state index contributed by atoms with van der Waals surface area (Å²) in [6, 6.07) is 7.28. The fourth-order valence-corrected chi connectivity index (χ4v) is 2.52. The summed E-state index contributed by atoms with van der Waals surface area (Å²) in [4.78, 5) is 28.4. The van der Waals surface area contributed by atoms with Crippen molar-refractivity contribution in [3.63, 3.8) is 0 Å². The molecular formula is C18H17F4N3O3. The minimum absolute atomic E-state index is 0.325. The van der Waals surface area contributed by atoms with E-state index in [4.69, 9.17) is 0 Å². The molecule has 0 aliphatic carbocycles. The van der Waals surface area contributed by atoms with Gasteiger partial charge in [-0.2, -0.15) is 13.2 Å². The number of carbonyl (C=O) groups excluding carboxylic acids is 2. The Kier molecular flexibility index (Phi) is 5.91. The second-order valence-corrected chi connectivity index (χ2v) is 5.97. The number of amides is 1. The molecule has 0 unspecified atom stereocenters. The van der Waals surface area contributed by atoms with E-state index in [1.54, 1.807) is 19.9 Å². The molecular weight excluding hydrogens is 382 g/mol. The van der Waals surface area contributed by atoms with Gasteiger partial charge in [0.15, 0.2) is 0 Å². The molecule has 0 aliphatic rings. The highest BCUT2D eigenvalue weighted by molar-refractivity contribution is 5.99. The topological polar surface area (TPSA) is 80.3 Å². The average Bonchev–Trinajstić information content (AvgIpc) is 2.58. The van der Waals surface area contributed by atoms with E-state index >= 15 is 0 Å². The molecule has 1 aromatic carbocycles. The number of esters is 1. The van der Waals surface area contributed by atoms with Gasteiger partial charge in [0.25, 0.3) is 5.91 Å². The molecule has 0 fully saturated rings. The number of nitrogens with one attached hydrogen (secondary N) is 2. The minimum Gasteiger partial charge on any atom is -0.466 e. The van der Waals surface area contributed by atoms with Gasteiger partial charge < -0.3 is 15.4 Å². The molecule has 0 saturated carbocycles. The molecule has 1 heterocycles. The van der Waals surface area contributed by atoms with Gasteiger partial charge in [0.2, 0.25) is 0 Å². The van der Waals surface area contributed by atoms with Crippen molar-refractivity contribution in [1.29, 1.82) is 0 Å². The zero-order valence-electron chi connectivity index (χ0n) is 15.1. The molecule has 28 heavy (non-hydrogen) atoms. The number of methoxy groups -OCH3 is 1. The fourth-order valence-electron chi connectivity index (χ4n) is 2.52. The Morgan fingerprint density at radius 1 is 1.11 bits per heavy atom. The summed E-state index contributed by atoms with van der Waals surface area (Å²) >= 11 is 0. The number of hydrogen-bond donors (Lipinski definition) is 2. The second-order valence-electron chi connectivity index (χ2n) is 5.97. The smallest absolute Gasteiger partial charge is 0.441 e. The number of benzene rings is 1. The number of alkyl halides is 3. The SMILES string of the molecule is COC(=O)[C@@](NC(=O)c1ccccc1F)(Nc1cc(C)cc(C)n1)C(F)(F)F. The number of rotatable bonds is 5. The molecule has 6 nitrogen and oxygen atoms in total. The van der Waals surface area contributed by atoms with Gasteiger partial charge in [0, 0.05) is 5.69 Å². The van der Waals surface area contributed by atoms with Gasteiger partial charge in [-0.05, 0) is 43.7 Å². The number of anilines is 1. The molecule has 150 valence electrons. The van der Waals surface area contributed by atoms with Crippen molar-refractivity contribution in [2.24, 2.45) is 0 Å². The third-order valence-electron chi connectivity index (χ3n) is 3.75. The third kappa shape index (κ3) is 4.21. The van der Waals surface area contributed by atoms with Gasteiger partial charge >= 0.3 is 17.8 Å². The number of aryl methyl sites for hydroxylation is 2. The van der Waals surface area contributed by atoms with Crippen molar-refractivity contribution in [2.45, 2.75) is 25.7 Å². The standard InChI is InChI=1S/C18H17F4N3O3/c1-10-8-11(2)23-14(9-10)24-17(16(27)28-3,18(20,21)22)25-15(26)12-6-4-5-7-13(12)19/h4-9H,1-3H3,(H,23,24)(H,25,26)/t17-/m0/s1. The fraction of sp³-hybridized carbons (Fsp3) is 0.278. The number of carbonyl (C=O) groups is 2. The van der Waals surface area contributed by atoms with Crippen LogP contribution in [0.3, 0.4) is 0 Å². The van der Waals surface area contributed by atoms with Gasteiger partial charge in [-0.15, -0.1) is 0 Å². The summed E-state index contributed by atoms with van der Waals surface area (Å²) in [7, 11) is 0.731. The second kappa shape index (κ2) is 7.83. The van der Waals surface area contributed by atoms with Crippen LogP contribution < -0.4 is 10.6 Å². The van der Waals surface area contributed by atoms with Gasteiger partial charge in [0.05, 0.1) is 12.7 Å². The summed E-state index contributed by atoms with van der Waals surface area (Å²) in [5.74, 6) is -4.68. The highest BCUT2D eigenvalue weighted by atomic mass is 19.4. The van der Waals surface area contributed by atoms with Crippen LogP contribution in [0.25, 0.3) is 0 Å². The molecule has 1 amide bonds. The van der Waals surface area contributed by atoms with Gasteiger partial charge in [0.1, 0.15) is 11.6 Å². The predicted molar refractivity (Wildman–Crippen MR) is 92.0 cm³/mol. The predicted octanol–water partition coefficient (Wildman–Crippen LogP) is 3.11. The van der Waals surface area contributed by atoms with Crippen molar-refractivity contribution in [3.05, 3.63) is 59.0 Å². The first-order valence-corrected chi connectivity index (χ1v) is 7.96. The van der Waals surface area contributed by atoms with Crippen LogP contribution in [0.4, 0.5) is 23.4 Å². The number of hydrogen-bond acceptors (Lipinski definition) is 5. The van der Waals surface area contributed by atoms with Crippen LogP contribution in [0.5, 0.6) is 0 Å². The normalized spacial score (nSPS) is 13.4. The average molecular weight is 399 g/mol. The van der Waals surface area contributed by atoms with E-state index in [0.717, 1.165) is 19.2 Å². The monoisotopic (exact) mass is 399 g/mol. The van der Waals surface area contributed by atoms with Crippen LogP contribution in [0.1, 0.15) is 21.6 Å². The lowest BCUT2D eigenvalue weighted by Crippen LogP contribution is -2.69. The molecule has 0 saturated heterocycles. The molecule has 0 aliphatic heterocycles. The zero-order valence-corrected chi connectivity index (χ0v) is 15.1. The Bertz CT molecular complexity index is 882. The van der Waals surface area contributed by atoms with Crippen molar-refractivity contribution in [1.82, 2.24) is 10.3 Å². The van der Waals surface area contributed by atoms with Crippen LogP contribution >= 0.6 is 0 Å². The molecule has 10 heteroatoms. The Hall–Kier alpha value is -3.17. The number of aromatic nitrogens is 1.